The summed E-state index contributed by atoms with van der Waals surface area (Å²) in [6.45, 7) is 2.31. The van der Waals surface area contributed by atoms with Gasteiger partial charge in [-0.3, -0.25) is 4.90 Å². The normalized spacial score (nSPS) is 17.9. The van der Waals surface area contributed by atoms with E-state index in [0.717, 1.165) is 53.1 Å². The van der Waals surface area contributed by atoms with Gasteiger partial charge in [-0.05, 0) is 100 Å². The van der Waals surface area contributed by atoms with Crippen LogP contribution < -0.4 is 23.7 Å². The number of nitrogens with zero attached hydrogens (tertiary/aromatic N) is 1. The first-order valence-electron chi connectivity index (χ1n) is 13.9. The van der Waals surface area contributed by atoms with Crippen LogP contribution in [0, 0.1) is 0 Å². The third-order valence-electron chi connectivity index (χ3n) is 8.37. The van der Waals surface area contributed by atoms with Gasteiger partial charge in [-0.2, -0.15) is 0 Å². The van der Waals surface area contributed by atoms with Crippen LogP contribution in [0.4, 0.5) is 0 Å². The number of carbonyl (C=O) groups excluding carboxylic acids is 1. The molecule has 1 saturated heterocycles. The summed E-state index contributed by atoms with van der Waals surface area (Å²) >= 11 is 0. The Bertz CT molecular complexity index is 1740. The number of rotatable bonds is 6. The zero-order valence-electron chi connectivity index (χ0n) is 23.1. The molecule has 0 N–H and O–H groups in total. The molecular formula is C34H31NO6. The predicted octanol–water partition coefficient (Wildman–Crippen LogP) is 6.43. The van der Waals surface area contributed by atoms with Crippen LogP contribution in [-0.2, 0) is 17.8 Å². The molecule has 41 heavy (non-hydrogen) atoms. The molecule has 0 aliphatic carbocycles. The maximum Gasteiger partial charge on any atom is 0.336 e. The predicted molar refractivity (Wildman–Crippen MR) is 158 cm³/mol. The van der Waals surface area contributed by atoms with E-state index in [-0.39, 0.29) is 6.79 Å². The highest BCUT2D eigenvalue weighted by molar-refractivity contribution is 6.12. The zero-order chi connectivity index (χ0) is 27.9. The summed E-state index contributed by atoms with van der Waals surface area (Å²) in [6.07, 6.45) is 10.3. The minimum atomic E-state index is -0.443. The molecule has 3 aliphatic rings. The van der Waals surface area contributed by atoms with Crippen molar-refractivity contribution in [2.75, 3.05) is 27.6 Å². The zero-order valence-corrected chi connectivity index (χ0v) is 23.1. The summed E-state index contributed by atoms with van der Waals surface area (Å²) in [5.74, 6) is 2.91. The fourth-order valence-electron chi connectivity index (χ4n) is 6.40. The van der Waals surface area contributed by atoms with Crippen molar-refractivity contribution in [3.8, 4) is 28.7 Å². The second-order valence-corrected chi connectivity index (χ2v) is 10.6. The summed E-state index contributed by atoms with van der Waals surface area (Å²) in [7, 11) is 3.33. The fourth-order valence-corrected chi connectivity index (χ4v) is 6.40. The summed E-state index contributed by atoms with van der Waals surface area (Å²) < 4.78 is 27.8. The maximum atomic E-state index is 12.7. The van der Waals surface area contributed by atoms with Crippen molar-refractivity contribution in [2.24, 2.45) is 0 Å². The lowest BCUT2D eigenvalue weighted by atomic mass is 9.85. The molecule has 0 saturated carbocycles. The van der Waals surface area contributed by atoms with Crippen molar-refractivity contribution in [2.45, 2.75) is 31.8 Å². The van der Waals surface area contributed by atoms with Crippen LogP contribution in [0.15, 0.2) is 66.8 Å². The summed E-state index contributed by atoms with van der Waals surface area (Å²) in [4.78, 5) is 15.3. The number of fused-ring (bicyclic) bond motifs is 8. The molecule has 0 radical (unpaired) electrons. The number of hydrogen-bond donors (Lipinski definition) is 0. The van der Waals surface area contributed by atoms with E-state index in [0.29, 0.717) is 17.5 Å². The number of hydrogen-bond acceptors (Lipinski definition) is 7. The van der Waals surface area contributed by atoms with Gasteiger partial charge in [-0.15, -0.1) is 0 Å². The van der Waals surface area contributed by atoms with E-state index in [2.05, 4.69) is 17.0 Å². The molecule has 3 aliphatic heterocycles. The van der Waals surface area contributed by atoms with E-state index in [4.69, 9.17) is 23.7 Å². The largest absolute Gasteiger partial charge is 0.493 e. The second-order valence-electron chi connectivity index (χ2n) is 10.6. The molecule has 0 aromatic heterocycles. The molecule has 7 rings (SSSR count). The molecule has 1 fully saturated rings. The number of ether oxygens (including phenoxy) is 5. The first-order chi connectivity index (χ1) is 20.1. The number of methoxy groups -OCH3 is 2. The molecule has 4 aromatic carbocycles. The summed E-state index contributed by atoms with van der Waals surface area (Å²) in [5.41, 5.74) is 3.69. The van der Waals surface area contributed by atoms with Gasteiger partial charge in [0, 0.05) is 18.7 Å². The van der Waals surface area contributed by atoms with Crippen LogP contribution in [0.5, 0.6) is 28.7 Å². The van der Waals surface area contributed by atoms with Crippen LogP contribution in [0.3, 0.4) is 0 Å². The van der Waals surface area contributed by atoms with E-state index in [1.165, 1.54) is 40.8 Å². The van der Waals surface area contributed by atoms with Gasteiger partial charge >= 0.3 is 5.97 Å². The van der Waals surface area contributed by atoms with Crippen molar-refractivity contribution in [3.05, 3.63) is 83.4 Å². The summed E-state index contributed by atoms with van der Waals surface area (Å²) in [6, 6.07) is 16.4. The Morgan fingerprint density at radius 1 is 0.878 bits per heavy atom. The van der Waals surface area contributed by atoms with Gasteiger partial charge in [0.1, 0.15) is 5.75 Å². The van der Waals surface area contributed by atoms with E-state index in [9.17, 15) is 4.79 Å². The molecule has 1 atom stereocenters. The van der Waals surface area contributed by atoms with Gasteiger partial charge in [0.15, 0.2) is 23.0 Å². The van der Waals surface area contributed by atoms with Gasteiger partial charge < -0.3 is 23.7 Å². The van der Waals surface area contributed by atoms with Gasteiger partial charge in [-0.1, -0.05) is 30.4 Å². The minimum Gasteiger partial charge on any atom is -0.493 e. The maximum absolute atomic E-state index is 12.7. The molecule has 3 heterocycles. The molecule has 0 amide bonds. The average Bonchev–Trinajstić information content (AvgIpc) is 3.66. The topological polar surface area (TPSA) is 66.5 Å². The van der Waals surface area contributed by atoms with Crippen molar-refractivity contribution in [3.63, 3.8) is 0 Å². The Labute approximate surface area is 238 Å². The standard InChI is InChI=1S/C34H31NO6/c1-37-31-17-27-25-15-22-7-5-13-35(22)19-29(25)24-11-10-23(16-26(24)28(27)18-32(31)38-2)41-34(36)8-4-3-6-21-9-12-30-33(14-21)40-20-39-30/h3-4,6,8-12,14,16-18,22H,5,7,13,15,19-20H2,1-2H3/b6-3+,8-4+/t22-/m1/s1. The third kappa shape index (κ3) is 4.66. The Kier molecular flexibility index (Phi) is 6.51. The van der Waals surface area contributed by atoms with E-state index in [1.807, 2.05) is 42.5 Å². The fraction of sp³-hybridized carbons (Fsp3) is 0.265. The molecule has 7 heteroatoms. The lowest BCUT2D eigenvalue weighted by molar-refractivity contribution is -0.128. The van der Waals surface area contributed by atoms with Gasteiger partial charge in [0.2, 0.25) is 6.79 Å². The number of carbonyl (C=O) groups is 1. The Balaban J connectivity index is 1.19. The van der Waals surface area contributed by atoms with Crippen LogP contribution in [-0.4, -0.2) is 44.5 Å². The first kappa shape index (κ1) is 25.5. The van der Waals surface area contributed by atoms with Crippen molar-refractivity contribution >= 4 is 33.6 Å². The quantitative estimate of drug-likeness (QED) is 0.0902. The van der Waals surface area contributed by atoms with Gasteiger partial charge in [0.25, 0.3) is 0 Å². The lowest BCUT2D eigenvalue weighted by Gasteiger charge is -2.33. The molecule has 0 spiro atoms. The van der Waals surface area contributed by atoms with E-state index >= 15 is 0 Å². The molecule has 7 nitrogen and oxygen atoms in total. The third-order valence-corrected chi connectivity index (χ3v) is 8.37. The van der Waals surface area contributed by atoms with Gasteiger partial charge in [-0.25, -0.2) is 4.79 Å². The smallest absolute Gasteiger partial charge is 0.336 e. The monoisotopic (exact) mass is 549 g/mol. The minimum absolute atomic E-state index is 0.238. The number of esters is 1. The Morgan fingerprint density at radius 3 is 2.54 bits per heavy atom. The van der Waals surface area contributed by atoms with Crippen LogP contribution in [0.1, 0.15) is 29.5 Å². The molecule has 0 bridgehead atoms. The van der Waals surface area contributed by atoms with Crippen molar-refractivity contribution < 1.29 is 28.5 Å². The van der Waals surface area contributed by atoms with Crippen LogP contribution >= 0.6 is 0 Å². The SMILES string of the molecule is COc1cc2c3c(c4ccc(OC(=O)/C=C/C=C/c5ccc6c(c5)OCO6)cc4c2cc1OC)CN1CCC[C@@H]1C3. The van der Waals surface area contributed by atoms with Crippen molar-refractivity contribution in [1.82, 2.24) is 4.90 Å². The Morgan fingerprint density at radius 2 is 1.68 bits per heavy atom. The molecule has 208 valence electrons. The van der Waals surface area contributed by atoms with Crippen LogP contribution in [0.2, 0.25) is 0 Å². The Hall–Kier alpha value is -4.49. The average molecular weight is 550 g/mol. The van der Waals surface area contributed by atoms with Gasteiger partial charge in [0.05, 0.1) is 14.2 Å². The number of benzene rings is 4. The van der Waals surface area contributed by atoms with Crippen LogP contribution in [0.25, 0.3) is 27.6 Å². The van der Waals surface area contributed by atoms with E-state index < -0.39 is 5.97 Å². The molecule has 4 aromatic rings. The molecule has 0 unspecified atom stereocenters. The van der Waals surface area contributed by atoms with Crippen molar-refractivity contribution in [1.29, 1.82) is 0 Å². The highest BCUT2D eigenvalue weighted by Gasteiger charge is 2.32. The highest BCUT2D eigenvalue weighted by atomic mass is 16.7. The second kappa shape index (κ2) is 10.5. The highest BCUT2D eigenvalue weighted by Crippen LogP contribution is 2.44. The molecular weight excluding hydrogens is 518 g/mol. The lowest BCUT2D eigenvalue weighted by Crippen LogP contribution is -2.35. The number of allylic oxidation sites excluding steroid dienone is 2. The first-order valence-corrected chi connectivity index (χ1v) is 13.9. The van der Waals surface area contributed by atoms with E-state index in [1.54, 1.807) is 26.4 Å². The summed E-state index contributed by atoms with van der Waals surface area (Å²) in [5, 5.41) is 4.47.